The van der Waals surface area contributed by atoms with Crippen molar-refractivity contribution in [1.29, 1.82) is 0 Å². The summed E-state index contributed by atoms with van der Waals surface area (Å²) in [7, 11) is 0. The van der Waals surface area contributed by atoms with Crippen LogP contribution >= 0.6 is 0 Å². The minimum atomic E-state index is -0.413. The first-order valence-corrected chi connectivity index (χ1v) is 6.71. The van der Waals surface area contributed by atoms with Crippen molar-refractivity contribution in [2.45, 2.75) is 38.8 Å². The van der Waals surface area contributed by atoms with E-state index >= 15 is 0 Å². The second kappa shape index (κ2) is 9.09. The van der Waals surface area contributed by atoms with Gasteiger partial charge in [0.2, 0.25) is 0 Å². The number of hydrogen-bond donors (Lipinski definition) is 2. The quantitative estimate of drug-likeness (QED) is 0.660. The van der Waals surface area contributed by atoms with Crippen molar-refractivity contribution in [2.24, 2.45) is 0 Å². The molecule has 0 aliphatic rings. The Hall–Kier alpha value is -0.900. The van der Waals surface area contributed by atoms with Crippen molar-refractivity contribution < 1.29 is 9.84 Å². The van der Waals surface area contributed by atoms with Crippen LogP contribution in [0.25, 0.3) is 0 Å². The SMILES string of the molecule is CC(C)NC[C@@H](O)COCCCc1ccccc1. The molecule has 2 N–H and O–H groups in total. The van der Waals surface area contributed by atoms with E-state index in [0.717, 1.165) is 12.8 Å². The number of aryl methyl sites for hydroxylation is 1. The zero-order valence-corrected chi connectivity index (χ0v) is 11.4. The van der Waals surface area contributed by atoms with Crippen LogP contribution in [0.2, 0.25) is 0 Å². The molecule has 0 radical (unpaired) electrons. The predicted molar refractivity (Wildman–Crippen MR) is 74.7 cm³/mol. The molecular formula is C15H25NO2. The Morgan fingerprint density at radius 2 is 1.94 bits per heavy atom. The Bertz CT molecular complexity index is 301. The molecule has 1 aromatic carbocycles. The highest BCUT2D eigenvalue weighted by Gasteiger charge is 2.04. The van der Waals surface area contributed by atoms with E-state index in [2.05, 4.69) is 43.4 Å². The van der Waals surface area contributed by atoms with E-state index in [1.54, 1.807) is 0 Å². The van der Waals surface area contributed by atoms with Gasteiger partial charge in [0.05, 0.1) is 12.7 Å². The summed E-state index contributed by atoms with van der Waals surface area (Å²) >= 11 is 0. The molecule has 0 heterocycles. The van der Waals surface area contributed by atoms with Crippen molar-refractivity contribution in [3.63, 3.8) is 0 Å². The molecule has 0 unspecified atom stereocenters. The van der Waals surface area contributed by atoms with Crippen LogP contribution in [-0.4, -0.2) is 37.0 Å². The lowest BCUT2D eigenvalue weighted by atomic mass is 10.1. The van der Waals surface area contributed by atoms with Crippen molar-refractivity contribution in [3.05, 3.63) is 35.9 Å². The fraction of sp³-hybridized carbons (Fsp3) is 0.600. The fourth-order valence-corrected chi connectivity index (χ4v) is 1.67. The number of rotatable bonds is 9. The number of hydrogen-bond acceptors (Lipinski definition) is 3. The fourth-order valence-electron chi connectivity index (χ4n) is 1.67. The second-order valence-corrected chi connectivity index (χ2v) is 4.88. The van der Waals surface area contributed by atoms with Gasteiger partial charge < -0.3 is 15.2 Å². The third-order valence-corrected chi connectivity index (χ3v) is 2.67. The van der Waals surface area contributed by atoms with E-state index in [4.69, 9.17) is 4.74 Å². The summed E-state index contributed by atoms with van der Waals surface area (Å²) in [6.07, 6.45) is 1.61. The van der Waals surface area contributed by atoms with Crippen molar-refractivity contribution in [2.75, 3.05) is 19.8 Å². The molecule has 1 atom stereocenters. The minimum absolute atomic E-state index is 0.401. The van der Waals surface area contributed by atoms with E-state index < -0.39 is 6.10 Å². The summed E-state index contributed by atoms with van der Waals surface area (Å²) in [4.78, 5) is 0. The molecule has 1 aromatic rings. The summed E-state index contributed by atoms with van der Waals surface area (Å²) in [6.45, 7) is 5.83. The van der Waals surface area contributed by atoms with Crippen LogP contribution in [0, 0.1) is 0 Å². The highest BCUT2D eigenvalue weighted by molar-refractivity contribution is 5.14. The molecule has 0 fully saturated rings. The molecular weight excluding hydrogens is 226 g/mol. The van der Waals surface area contributed by atoms with Crippen molar-refractivity contribution in [1.82, 2.24) is 5.32 Å². The van der Waals surface area contributed by atoms with Crippen molar-refractivity contribution in [3.8, 4) is 0 Å². The third kappa shape index (κ3) is 7.43. The molecule has 0 aliphatic carbocycles. The summed E-state index contributed by atoms with van der Waals surface area (Å²) in [6, 6.07) is 10.8. The first-order valence-electron chi connectivity index (χ1n) is 6.71. The molecule has 0 bridgehead atoms. The zero-order valence-electron chi connectivity index (χ0n) is 11.4. The van der Waals surface area contributed by atoms with Crippen LogP contribution in [-0.2, 0) is 11.2 Å². The van der Waals surface area contributed by atoms with Crippen LogP contribution in [0.15, 0.2) is 30.3 Å². The lowest BCUT2D eigenvalue weighted by Gasteiger charge is -2.14. The number of aliphatic hydroxyl groups is 1. The maximum atomic E-state index is 9.63. The highest BCUT2D eigenvalue weighted by atomic mass is 16.5. The van der Waals surface area contributed by atoms with Gasteiger partial charge >= 0.3 is 0 Å². The molecule has 3 nitrogen and oxygen atoms in total. The van der Waals surface area contributed by atoms with Gasteiger partial charge in [-0.05, 0) is 18.4 Å². The molecule has 0 saturated carbocycles. The molecule has 102 valence electrons. The standard InChI is InChI=1S/C15H25NO2/c1-13(2)16-11-15(17)12-18-10-6-9-14-7-4-3-5-8-14/h3-5,7-8,13,15-17H,6,9-12H2,1-2H3/t15-/m1/s1. The molecule has 0 spiro atoms. The Balaban J connectivity index is 1.98. The number of benzene rings is 1. The van der Waals surface area contributed by atoms with Gasteiger partial charge in [0.1, 0.15) is 0 Å². The maximum Gasteiger partial charge on any atom is 0.0897 e. The average molecular weight is 251 g/mol. The van der Waals surface area contributed by atoms with Gasteiger partial charge in [-0.25, -0.2) is 0 Å². The lowest BCUT2D eigenvalue weighted by molar-refractivity contribution is 0.0353. The smallest absolute Gasteiger partial charge is 0.0897 e. The monoisotopic (exact) mass is 251 g/mol. The van der Waals surface area contributed by atoms with Gasteiger partial charge in [0.15, 0.2) is 0 Å². The number of ether oxygens (including phenoxy) is 1. The Morgan fingerprint density at radius 1 is 1.22 bits per heavy atom. The van der Waals surface area contributed by atoms with Gasteiger partial charge in [-0.1, -0.05) is 44.2 Å². The largest absolute Gasteiger partial charge is 0.389 e. The molecule has 0 aliphatic heterocycles. The summed E-state index contributed by atoms with van der Waals surface area (Å²) in [5.74, 6) is 0. The topological polar surface area (TPSA) is 41.5 Å². The lowest BCUT2D eigenvalue weighted by Crippen LogP contribution is -2.34. The molecule has 0 aromatic heterocycles. The zero-order chi connectivity index (χ0) is 13.2. The minimum Gasteiger partial charge on any atom is -0.389 e. The highest BCUT2D eigenvalue weighted by Crippen LogP contribution is 2.02. The Morgan fingerprint density at radius 3 is 2.61 bits per heavy atom. The van der Waals surface area contributed by atoms with Crippen LogP contribution < -0.4 is 5.32 Å². The normalized spacial score (nSPS) is 12.9. The van der Waals surface area contributed by atoms with Gasteiger partial charge in [-0.2, -0.15) is 0 Å². The van der Waals surface area contributed by atoms with E-state index in [-0.39, 0.29) is 0 Å². The molecule has 0 amide bonds. The first kappa shape index (κ1) is 15.2. The Kier molecular flexibility index (Phi) is 7.65. The molecule has 1 rings (SSSR count). The van der Waals surface area contributed by atoms with Gasteiger partial charge in [0, 0.05) is 19.2 Å². The van der Waals surface area contributed by atoms with Gasteiger partial charge in [-0.15, -0.1) is 0 Å². The van der Waals surface area contributed by atoms with E-state index in [1.807, 2.05) is 6.07 Å². The molecule has 0 saturated heterocycles. The van der Waals surface area contributed by atoms with Gasteiger partial charge in [0.25, 0.3) is 0 Å². The van der Waals surface area contributed by atoms with Crippen LogP contribution in [0.1, 0.15) is 25.8 Å². The maximum absolute atomic E-state index is 9.63. The number of nitrogens with one attached hydrogen (secondary N) is 1. The third-order valence-electron chi connectivity index (χ3n) is 2.67. The predicted octanol–water partition coefficient (Wildman–Crippen LogP) is 1.99. The summed E-state index contributed by atoms with van der Waals surface area (Å²) in [5.41, 5.74) is 1.34. The summed E-state index contributed by atoms with van der Waals surface area (Å²) in [5, 5.41) is 12.8. The number of aliphatic hydroxyl groups excluding tert-OH is 1. The van der Waals surface area contributed by atoms with Crippen molar-refractivity contribution >= 4 is 0 Å². The molecule has 18 heavy (non-hydrogen) atoms. The van der Waals surface area contributed by atoms with E-state index in [9.17, 15) is 5.11 Å². The van der Waals surface area contributed by atoms with Crippen LogP contribution in [0.5, 0.6) is 0 Å². The van der Waals surface area contributed by atoms with E-state index in [0.29, 0.717) is 25.8 Å². The van der Waals surface area contributed by atoms with Gasteiger partial charge in [-0.3, -0.25) is 0 Å². The first-order chi connectivity index (χ1) is 8.68. The second-order valence-electron chi connectivity index (χ2n) is 4.88. The average Bonchev–Trinajstić information content (AvgIpc) is 2.37. The molecule has 3 heteroatoms. The van der Waals surface area contributed by atoms with E-state index in [1.165, 1.54) is 5.56 Å². The van der Waals surface area contributed by atoms with Crippen LogP contribution in [0.4, 0.5) is 0 Å². The Labute approximate surface area is 110 Å². The van der Waals surface area contributed by atoms with Crippen LogP contribution in [0.3, 0.4) is 0 Å². The summed E-state index contributed by atoms with van der Waals surface area (Å²) < 4.78 is 5.46.